The summed E-state index contributed by atoms with van der Waals surface area (Å²) in [5.74, 6) is 0.942. The minimum atomic E-state index is -0.564. The molecule has 1 aromatic heterocycles. The van der Waals surface area contributed by atoms with Gasteiger partial charge in [-0.25, -0.2) is 4.79 Å². The molecule has 9 nitrogen and oxygen atoms in total. The van der Waals surface area contributed by atoms with Crippen molar-refractivity contribution in [1.29, 1.82) is 0 Å². The molecule has 0 saturated carbocycles. The number of nitrogens with zero attached hydrogens (tertiary/aromatic N) is 3. The van der Waals surface area contributed by atoms with Crippen LogP contribution in [-0.4, -0.2) is 59.8 Å². The fourth-order valence-corrected chi connectivity index (χ4v) is 3.46. The van der Waals surface area contributed by atoms with Crippen molar-refractivity contribution in [2.24, 2.45) is 0 Å². The Morgan fingerprint density at radius 2 is 1.77 bits per heavy atom. The molecule has 0 saturated heterocycles. The molecule has 0 spiro atoms. The molecule has 3 rings (SSSR count). The normalized spacial score (nSPS) is 10.5. The van der Waals surface area contributed by atoms with Crippen LogP contribution in [0.2, 0.25) is 0 Å². The van der Waals surface area contributed by atoms with E-state index in [0.717, 1.165) is 17.0 Å². The van der Waals surface area contributed by atoms with E-state index >= 15 is 0 Å². The smallest absolute Gasteiger partial charge is 0.321 e. The van der Waals surface area contributed by atoms with Gasteiger partial charge in [0.15, 0.2) is 11.0 Å². The Balaban J connectivity index is 1.77. The van der Waals surface area contributed by atoms with E-state index in [4.69, 9.17) is 9.47 Å². The van der Waals surface area contributed by atoms with Gasteiger partial charge in [-0.1, -0.05) is 30.0 Å². The number of carbonyl (C=O) groups excluding carboxylic acids is 2. The number of imide groups is 1. The molecule has 162 valence electrons. The Bertz CT molecular complexity index is 1010. The summed E-state index contributed by atoms with van der Waals surface area (Å²) in [4.78, 5) is 23.9. The van der Waals surface area contributed by atoms with Crippen molar-refractivity contribution in [3.8, 4) is 22.8 Å². The molecule has 0 bridgehead atoms. The molecule has 2 aromatic carbocycles. The van der Waals surface area contributed by atoms with E-state index in [9.17, 15) is 9.59 Å². The van der Waals surface area contributed by atoms with Gasteiger partial charge < -0.3 is 14.8 Å². The van der Waals surface area contributed by atoms with E-state index in [2.05, 4.69) is 20.8 Å². The molecule has 0 fully saturated rings. The molecule has 31 heavy (non-hydrogen) atoms. The summed E-state index contributed by atoms with van der Waals surface area (Å²) in [6.07, 6.45) is 0. The number of para-hydroxylation sites is 1. The largest absolute Gasteiger partial charge is 0.497 e. The number of nitrogens with one attached hydrogen (secondary N) is 2. The topological polar surface area (TPSA) is 107 Å². The maximum absolute atomic E-state index is 12.2. The molecule has 3 aromatic rings. The second-order valence-corrected chi connectivity index (χ2v) is 7.23. The summed E-state index contributed by atoms with van der Waals surface area (Å²) in [6, 6.07) is 16.5. The number of aromatic nitrogens is 3. The maximum atomic E-state index is 12.2. The standard InChI is InChI=1S/C21H23N5O4S/c1-29-13-12-22-20(28)23-18(27)14-31-21-25-24-19(15-8-10-17(30-2)11-9-15)26(21)16-6-4-3-5-7-16/h3-11H,12-14H2,1-2H3,(H2,22,23,27,28). The summed E-state index contributed by atoms with van der Waals surface area (Å²) in [5, 5.41) is 14.0. The third-order valence-electron chi connectivity index (χ3n) is 4.17. The number of rotatable bonds is 9. The van der Waals surface area contributed by atoms with Crippen molar-refractivity contribution in [1.82, 2.24) is 25.4 Å². The predicted molar refractivity (Wildman–Crippen MR) is 117 cm³/mol. The van der Waals surface area contributed by atoms with Gasteiger partial charge in [0.05, 0.1) is 19.5 Å². The zero-order valence-corrected chi connectivity index (χ0v) is 18.0. The van der Waals surface area contributed by atoms with Crippen molar-refractivity contribution >= 4 is 23.7 Å². The minimum Gasteiger partial charge on any atom is -0.497 e. The van der Waals surface area contributed by atoms with Gasteiger partial charge in [-0.2, -0.15) is 0 Å². The molecule has 0 radical (unpaired) electrons. The highest BCUT2D eigenvalue weighted by Gasteiger charge is 2.18. The Morgan fingerprint density at radius 1 is 1.03 bits per heavy atom. The number of hydrogen-bond donors (Lipinski definition) is 2. The molecule has 0 aliphatic rings. The fourth-order valence-electron chi connectivity index (χ4n) is 2.70. The highest BCUT2D eigenvalue weighted by molar-refractivity contribution is 7.99. The van der Waals surface area contributed by atoms with Crippen LogP contribution in [0.5, 0.6) is 5.75 Å². The third kappa shape index (κ3) is 6.06. The molecule has 0 atom stereocenters. The summed E-state index contributed by atoms with van der Waals surface area (Å²) in [5.41, 5.74) is 1.71. The quantitative estimate of drug-likeness (QED) is 0.388. The van der Waals surface area contributed by atoms with E-state index in [-0.39, 0.29) is 5.75 Å². The number of amides is 3. The van der Waals surface area contributed by atoms with Crippen molar-refractivity contribution in [3.05, 3.63) is 54.6 Å². The van der Waals surface area contributed by atoms with Gasteiger partial charge >= 0.3 is 6.03 Å². The number of carbonyl (C=O) groups is 2. The SMILES string of the molecule is COCCNC(=O)NC(=O)CSc1nnc(-c2ccc(OC)cc2)n1-c1ccccc1. The molecular formula is C21H23N5O4S. The Hall–Kier alpha value is -3.37. The van der Waals surface area contributed by atoms with Crippen molar-refractivity contribution < 1.29 is 19.1 Å². The van der Waals surface area contributed by atoms with E-state index in [1.807, 2.05) is 59.2 Å². The molecule has 10 heteroatoms. The summed E-state index contributed by atoms with van der Waals surface area (Å²) >= 11 is 1.19. The number of hydrogen-bond acceptors (Lipinski definition) is 7. The summed E-state index contributed by atoms with van der Waals surface area (Å²) in [6.45, 7) is 0.682. The zero-order valence-electron chi connectivity index (χ0n) is 17.2. The summed E-state index contributed by atoms with van der Waals surface area (Å²) < 4.78 is 11.9. The lowest BCUT2D eigenvalue weighted by atomic mass is 10.2. The van der Waals surface area contributed by atoms with Crippen LogP contribution in [0.4, 0.5) is 4.79 Å². The first-order valence-electron chi connectivity index (χ1n) is 9.47. The fraction of sp³-hybridized carbons (Fsp3) is 0.238. The van der Waals surface area contributed by atoms with E-state index in [1.165, 1.54) is 18.9 Å². The predicted octanol–water partition coefficient (Wildman–Crippen LogP) is 2.51. The van der Waals surface area contributed by atoms with Crippen LogP contribution in [0.1, 0.15) is 0 Å². The van der Waals surface area contributed by atoms with Gasteiger partial charge in [0.1, 0.15) is 5.75 Å². The first-order valence-corrected chi connectivity index (χ1v) is 10.5. The number of ether oxygens (including phenoxy) is 2. The second kappa shape index (κ2) is 11.1. The van der Waals surface area contributed by atoms with Crippen LogP contribution in [0.25, 0.3) is 17.1 Å². The lowest BCUT2D eigenvalue weighted by Crippen LogP contribution is -2.41. The van der Waals surface area contributed by atoms with Gasteiger partial charge in [0.2, 0.25) is 5.91 Å². The molecular weight excluding hydrogens is 418 g/mol. The number of benzene rings is 2. The monoisotopic (exact) mass is 441 g/mol. The number of urea groups is 1. The summed E-state index contributed by atoms with van der Waals surface area (Å²) in [7, 11) is 3.14. The molecule has 1 heterocycles. The Labute approximate surface area is 184 Å². The van der Waals surface area contributed by atoms with Crippen molar-refractivity contribution in [2.45, 2.75) is 5.16 Å². The van der Waals surface area contributed by atoms with Gasteiger partial charge in [0.25, 0.3) is 0 Å². The van der Waals surface area contributed by atoms with Crippen LogP contribution >= 0.6 is 11.8 Å². The van der Waals surface area contributed by atoms with Crippen molar-refractivity contribution in [3.63, 3.8) is 0 Å². The zero-order chi connectivity index (χ0) is 22.1. The Morgan fingerprint density at radius 3 is 2.45 bits per heavy atom. The molecule has 0 aliphatic carbocycles. The molecule has 0 aliphatic heterocycles. The number of thioether (sulfide) groups is 1. The Kier molecular flexibility index (Phi) is 8.02. The molecule has 0 unspecified atom stereocenters. The van der Waals surface area contributed by atoms with Crippen LogP contribution in [0.3, 0.4) is 0 Å². The average molecular weight is 442 g/mol. The first kappa shape index (κ1) is 22.3. The van der Waals surface area contributed by atoms with Crippen LogP contribution < -0.4 is 15.4 Å². The lowest BCUT2D eigenvalue weighted by molar-refractivity contribution is -0.117. The highest BCUT2D eigenvalue weighted by Crippen LogP contribution is 2.28. The van der Waals surface area contributed by atoms with Gasteiger partial charge in [-0.3, -0.25) is 14.7 Å². The molecule has 3 amide bonds. The van der Waals surface area contributed by atoms with Crippen LogP contribution in [0, 0.1) is 0 Å². The lowest BCUT2D eigenvalue weighted by Gasteiger charge is -2.11. The van der Waals surface area contributed by atoms with E-state index < -0.39 is 11.9 Å². The van der Waals surface area contributed by atoms with Crippen LogP contribution in [-0.2, 0) is 9.53 Å². The van der Waals surface area contributed by atoms with Crippen LogP contribution in [0.15, 0.2) is 59.8 Å². The highest BCUT2D eigenvalue weighted by atomic mass is 32.2. The van der Waals surface area contributed by atoms with Gasteiger partial charge in [0, 0.05) is 24.9 Å². The van der Waals surface area contributed by atoms with Crippen molar-refractivity contribution in [2.75, 3.05) is 33.1 Å². The number of methoxy groups -OCH3 is 2. The molecule has 2 N–H and O–H groups in total. The average Bonchev–Trinajstić information content (AvgIpc) is 3.22. The first-order chi connectivity index (χ1) is 15.1. The second-order valence-electron chi connectivity index (χ2n) is 6.29. The minimum absolute atomic E-state index is 0.00524. The maximum Gasteiger partial charge on any atom is 0.321 e. The van der Waals surface area contributed by atoms with E-state index in [1.54, 1.807) is 7.11 Å². The third-order valence-corrected chi connectivity index (χ3v) is 5.10. The van der Waals surface area contributed by atoms with Gasteiger partial charge in [-0.15, -0.1) is 10.2 Å². The van der Waals surface area contributed by atoms with Gasteiger partial charge in [-0.05, 0) is 36.4 Å². The van der Waals surface area contributed by atoms with E-state index in [0.29, 0.717) is 24.1 Å².